The minimum absolute atomic E-state index is 0.0398. The molecule has 4 aliphatic carbocycles. The van der Waals surface area contributed by atoms with E-state index in [9.17, 15) is 14.7 Å². The van der Waals surface area contributed by atoms with E-state index in [-0.39, 0.29) is 34.6 Å². The average molecular weight is 344 g/mol. The van der Waals surface area contributed by atoms with Crippen LogP contribution < -0.4 is 0 Å². The van der Waals surface area contributed by atoms with Crippen LogP contribution in [0, 0.1) is 34.0 Å². The fourth-order valence-corrected chi connectivity index (χ4v) is 7.86. The monoisotopic (exact) mass is 344 g/mol. The Morgan fingerprint density at radius 2 is 1.80 bits per heavy atom. The number of aliphatic hydroxyl groups is 1. The number of rotatable bonds is 2. The van der Waals surface area contributed by atoms with E-state index in [0.717, 1.165) is 44.9 Å². The SMILES string of the molecule is C[C@]12CCC3=CC(=O)CC[C@]3(C)[C@@H]1CC[C@]1(C)[C@@H]2CC[C@H]1C(=O)CO. The molecule has 0 aliphatic heterocycles. The molecule has 0 aromatic carbocycles. The van der Waals surface area contributed by atoms with Gasteiger partial charge in [0.15, 0.2) is 11.6 Å². The van der Waals surface area contributed by atoms with E-state index in [2.05, 4.69) is 20.8 Å². The van der Waals surface area contributed by atoms with Crippen molar-refractivity contribution in [1.29, 1.82) is 0 Å². The highest BCUT2D eigenvalue weighted by Gasteiger charge is 2.64. The van der Waals surface area contributed by atoms with E-state index in [0.29, 0.717) is 24.0 Å². The third kappa shape index (κ3) is 2.20. The Labute approximate surface area is 151 Å². The maximum absolute atomic E-state index is 12.4. The summed E-state index contributed by atoms with van der Waals surface area (Å²) in [4.78, 5) is 24.3. The highest BCUT2D eigenvalue weighted by atomic mass is 16.3. The zero-order valence-electron chi connectivity index (χ0n) is 15.9. The van der Waals surface area contributed by atoms with E-state index in [1.54, 1.807) is 0 Å². The molecule has 3 fully saturated rings. The van der Waals surface area contributed by atoms with E-state index < -0.39 is 0 Å². The molecule has 4 aliphatic rings. The van der Waals surface area contributed by atoms with Crippen molar-refractivity contribution < 1.29 is 14.7 Å². The normalized spacial score (nSPS) is 49.0. The fraction of sp³-hybridized carbons (Fsp3) is 0.818. The highest BCUT2D eigenvalue weighted by Crippen LogP contribution is 2.71. The Hall–Kier alpha value is -0.960. The van der Waals surface area contributed by atoms with Crippen molar-refractivity contribution in [3.8, 4) is 0 Å². The quantitative estimate of drug-likeness (QED) is 0.821. The van der Waals surface area contributed by atoms with Crippen LogP contribution in [0.4, 0.5) is 0 Å². The second kappa shape index (κ2) is 5.52. The molecule has 138 valence electrons. The molecule has 0 aromatic heterocycles. The summed E-state index contributed by atoms with van der Waals surface area (Å²) < 4.78 is 0. The molecule has 0 saturated heterocycles. The standard InChI is InChI=1S/C22H32O3/c1-20-10-7-15(24)12-14(20)6-9-22(3)18-5-4-16(17(25)13-23)21(18,2)11-8-19(20)22/h12,16,18-19,23H,4-11,13H2,1-3H3/t16-,18-,19-,20-,21-,22+/m0/s1. The van der Waals surface area contributed by atoms with Gasteiger partial charge >= 0.3 is 0 Å². The first kappa shape index (κ1) is 17.5. The molecule has 3 nitrogen and oxygen atoms in total. The van der Waals surface area contributed by atoms with E-state index in [1.165, 1.54) is 5.57 Å². The lowest BCUT2D eigenvalue weighted by Crippen LogP contribution is -2.56. The maximum atomic E-state index is 12.4. The summed E-state index contributed by atoms with van der Waals surface area (Å²) >= 11 is 0. The van der Waals surface area contributed by atoms with Gasteiger partial charge < -0.3 is 5.11 Å². The first-order chi connectivity index (χ1) is 11.8. The van der Waals surface area contributed by atoms with Gasteiger partial charge in [0.05, 0.1) is 0 Å². The molecule has 3 saturated carbocycles. The summed E-state index contributed by atoms with van der Waals surface area (Å²) in [7, 11) is 0. The van der Waals surface area contributed by atoms with Crippen LogP contribution in [0.5, 0.6) is 0 Å². The third-order valence-corrected chi connectivity index (χ3v) is 9.11. The zero-order chi connectivity index (χ0) is 18.0. The van der Waals surface area contributed by atoms with E-state index >= 15 is 0 Å². The van der Waals surface area contributed by atoms with Crippen molar-refractivity contribution in [2.75, 3.05) is 6.61 Å². The molecule has 1 N–H and O–H groups in total. The van der Waals surface area contributed by atoms with Crippen molar-refractivity contribution >= 4 is 11.6 Å². The molecule has 25 heavy (non-hydrogen) atoms. The number of aliphatic hydroxyl groups excluding tert-OH is 1. The summed E-state index contributed by atoms with van der Waals surface area (Å²) in [6, 6.07) is 0. The molecule has 0 amide bonds. The average Bonchev–Trinajstić information content (AvgIpc) is 2.93. The summed E-state index contributed by atoms with van der Waals surface area (Å²) in [6.07, 6.45) is 10.2. The second-order valence-electron chi connectivity index (χ2n) is 9.96. The van der Waals surface area contributed by atoms with Crippen molar-refractivity contribution in [3.05, 3.63) is 11.6 Å². The minimum atomic E-state index is -0.306. The number of fused-ring (bicyclic) bond motifs is 5. The van der Waals surface area contributed by atoms with Crippen LogP contribution in [0.2, 0.25) is 0 Å². The number of hydrogen-bond acceptors (Lipinski definition) is 3. The Bertz CT molecular complexity index is 650. The Morgan fingerprint density at radius 3 is 2.52 bits per heavy atom. The molecule has 0 radical (unpaired) electrons. The van der Waals surface area contributed by atoms with Crippen molar-refractivity contribution in [2.45, 2.75) is 72.1 Å². The van der Waals surface area contributed by atoms with Crippen LogP contribution in [-0.2, 0) is 9.59 Å². The van der Waals surface area contributed by atoms with Crippen LogP contribution in [-0.4, -0.2) is 23.3 Å². The number of carbonyl (C=O) groups excluding carboxylic acids is 2. The molecule has 0 bridgehead atoms. The minimum Gasteiger partial charge on any atom is -0.389 e. The Morgan fingerprint density at radius 1 is 1.04 bits per heavy atom. The van der Waals surface area contributed by atoms with Crippen LogP contribution in [0.15, 0.2) is 11.6 Å². The van der Waals surface area contributed by atoms with E-state index in [4.69, 9.17) is 0 Å². The maximum Gasteiger partial charge on any atom is 0.161 e. The van der Waals surface area contributed by atoms with Gasteiger partial charge in [-0.2, -0.15) is 0 Å². The number of Topliss-reactive ketones (excluding diaryl/α,β-unsaturated/α-hetero) is 1. The molecule has 6 atom stereocenters. The van der Waals surface area contributed by atoms with Crippen LogP contribution in [0.25, 0.3) is 0 Å². The first-order valence-corrected chi connectivity index (χ1v) is 10.1. The predicted octanol–water partition coefficient (Wildman–Crippen LogP) is 4.09. The molecule has 0 heterocycles. The van der Waals surface area contributed by atoms with E-state index in [1.807, 2.05) is 6.08 Å². The topological polar surface area (TPSA) is 54.4 Å². The van der Waals surface area contributed by atoms with Gasteiger partial charge in [-0.15, -0.1) is 0 Å². The van der Waals surface area contributed by atoms with Gasteiger partial charge in [-0.05, 0) is 79.1 Å². The Kier molecular flexibility index (Phi) is 3.85. The smallest absolute Gasteiger partial charge is 0.161 e. The predicted molar refractivity (Wildman–Crippen MR) is 96.9 cm³/mol. The van der Waals surface area contributed by atoms with Crippen LogP contribution in [0.1, 0.15) is 72.1 Å². The van der Waals surface area contributed by atoms with Gasteiger partial charge in [0, 0.05) is 12.3 Å². The summed E-state index contributed by atoms with van der Waals surface area (Å²) in [5.41, 5.74) is 1.87. The van der Waals surface area contributed by atoms with Gasteiger partial charge in [-0.3, -0.25) is 9.59 Å². The van der Waals surface area contributed by atoms with Gasteiger partial charge in [0.25, 0.3) is 0 Å². The molecule has 3 heteroatoms. The highest BCUT2D eigenvalue weighted by molar-refractivity contribution is 5.91. The van der Waals surface area contributed by atoms with Gasteiger partial charge in [0.1, 0.15) is 6.61 Å². The largest absolute Gasteiger partial charge is 0.389 e. The van der Waals surface area contributed by atoms with Crippen LogP contribution in [0.3, 0.4) is 0 Å². The van der Waals surface area contributed by atoms with Gasteiger partial charge in [-0.25, -0.2) is 0 Å². The molecule has 0 spiro atoms. The zero-order valence-corrected chi connectivity index (χ0v) is 15.9. The van der Waals surface area contributed by atoms with Gasteiger partial charge in [-0.1, -0.05) is 26.3 Å². The van der Waals surface area contributed by atoms with Crippen molar-refractivity contribution in [1.82, 2.24) is 0 Å². The van der Waals surface area contributed by atoms with Crippen molar-refractivity contribution in [2.24, 2.45) is 34.0 Å². The molecule has 4 rings (SSSR count). The number of ketones is 2. The molecule has 0 unspecified atom stereocenters. The molecular formula is C22H32O3. The number of hydrogen-bond donors (Lipinski definition) is 1. The third-order valence-electron chi connectivity index (χ3n) is 9.11. The lowest BCUT2D eigenvalue weighted by atomic mass is 9.41. The van der Waals surface area contributed by atoms with Gasteiger partial charge in [0.2, 0.25) is 0 Å². The Balaban J connectivity index is 1.71. The summed E-state index contributed by atoms with van der Waals surface area (Å²) in [5, 5.41) is 9.43. The molecular weight excluding hydrogens is 312 g/mol. The lowest BCUT2D eigenvalue weighted by molar-refractivity contribution is -0.142. The fourth-order valence-electron chi connectivity index (χ4n) is 7.86. The number of carbonyl (C=O) groups is 2. The summed E-state index contributed by atoms with van der Waals surface area (Å²) in [6.45, 7) is 6.90. The first-order valence-electron chi connectivity index (χ1n) is 10.1. The lowest BCUT2D eigenvalue weighted by Gasteiger charge is -2.63. The second-order valence-corrected chi connectivity index (χ2v) is 9.96. The number of allylic oxidation sites excluding steroid dienone is 1. The molecule has 0 aromatic rings. The van der Waals surface area contributed by atoms with Crippen molar-refractivity contribution in [3.63, 3.8) is 0 Å². The van der Waals surface area contributed by atoms with Crippen LogP contribution >= 0.6 is 0 Å². The summed E-state index contributed by atoms with van der Waals surface area (Å²) in [5.74, 6) is 1.59.